The minimum absolute atomic E-state index is 0.0906. The predicted octanol–water partition coefficient (Wildman–Crippen LogP) is 20.9. The molecule has 0 aromatic rings. The van der Waals surface area contributed by atoms with Crippen LogP contribution in [0.3, 0.4) is 0 Å². The van der Waals surface area contributed by atoms with Gasteiger partial charge in [0.2, 0.25) is 0 Å². The molecule has 0 aliphatic carbocycles. The smallest absolute Gasteiger partial charge is 0.306 e. The van der Waals surface area contributed by atoms with E-state index in [1.165, 1.54) is 141 Å². The van der Waals surface area contributed by atoms with E-state index >= 15 is 0 Å². The van der Waals surface area contributed by atoms with Crippen LogP contribution in [0.5, 0.6) is 0 Å². The molecule has 0 saturated carbocycles. The van der Waals surface area contributed by atoms with Crippen molar-refractivity contribution in [3.63, 3.8) is 0 Å². The van der Waals surface area contributed by atoms with Crippen LogP contribution in [0, 0.1) is 0 Å². The van der Waals surface area contributed by atoms with Gasteiger partial charge in [0, 0.05) is 19.3 Å². The van der Waals surface area contributed by atoms with Gasteiger partial charge in [-0.1, -0.05) is 266 Å². The third-order valence-corrected chi connectivity index (χ3v) is 13.1. The highest BCUT2D eigenvalue weighted by atomic mass is 16.6. The van der Waals surface area contributed by atoms with Crippen molar-refractivity contribution in [3.8, 4) is 0 Å². The van der Waals surface area contributed by atoms with Gasteiger partial charge in [0.05, 0.1) is 0 Å². The Morgan fingerprint density at radius 1 is 0.288 bits per heavy atom. The molecule has 6 heteroatoms. The first-order chi connectivity index (χ1) is 36.0. The Morgan fingerprint density at radius 2 is 0.534 bits per heavy atom. The summed E-state index contributed by atoms with van der Waals surface area (Å²) >= 11 is 0. The molecule has 0 heterocycles. The average molecular weight is 1020 g/mol. The summed E-state index contributed by atoms with van der Waals surface area (Å²) in [5, 5.41) is 0. The maximum atomic E-state index is 12.9. The zero-order chi connectivity index (χ0) is 52.9. The Hall–Kier alpha value is -3.67. The molecule has 0 aliphatic rings. The van der Waals surface area contributed by atoms with Gasteiger partial charge in [0.25, 0.3) is 0 Å². The first kappa shape index (κ1) is 69.3. The molecule has 0 bridgehead atoms. The zero-order valence-corrected chi connectivity index (χ0v) is 47.9. The van der Waals surface area contributed by atoms with Crippen LogP contribution in [0.4, 0.5) is 0 Å². The Bertz CT molecular complexity index is 1440. The maximum Gasteiger partial charge on any atom is 0.306 e. The molecule has 0 saturated heterocycles. The lowest BCUT2D eigenvalue weighted by molar-refractivity contribution is -0.167. The van der Waals surface area contributed by atoms with Crippen LogP contribution in [0.15, 0.2) is 97.2 Å². The molecule has 0 N–H and O–H groups in total. The summed E-state index contributed by atoms with van der Waals surface area (Å²) in [4.78, 5) is 38.2. The zero-order valence-electron chi connectivity index (χ0n) is 47.9. The maximum absolute atomic E-state index is 12.9. The third-order valence-electron chi connectivity index (χ3n) is 13.1. The minimum atomic E-state index is -0.796. The summed E-state index contributed by atoms with van der Waals surface area (Å²) in [6.07, 6.45) is 81.2. The molecule has 0 aromatic carbocycles. The van der Waals surface area contributed by atoms with Crippen LogP contribution >= 0.6 is 0 Å². The van der Waals surface area contributed by atoms with Crippen LogP contribution in [0.1, 0.15) is 290 Å². The number of unbranched alkanes of at least 4 members (excludes halogenated alkanes) is 28. The number of hydrogen-bond acceptors (Lipinski definition) is 6. The Kier molecular flexibility index (Phi) is 57.8. The number of carbonyl (C=O) groups excluding carboxylic acids is 3. The summed E-state index contributed by atoms with van der Waals surface area (Å²) in [6.45, 7) is 6.49. The summed E-state index contributed by atoms with van der Waals surface area (Å²) < 4.78 is 16.9. The summed E-state index contributed by atoms with van der Waals surface area (Å²) in [5.74, 6) is -0.921. The number of allylic oxidation sites excluding steroid dienone is 16. The van der Waals surface area contributed by atoms with Crippen molar-refractivity contribution in [2.45, 2.75) is 297 Å². The first-order valence-electron chi connectivity index (χ1n) is 30.7. The summed E-state index contributed by atoms with van der Waals surface area (Å²) in [5.41, 5.74) is 0. The molecule has 1 atom stereocenters. The SMILES string of the molecule is CC/C=C\C/C=C\C/C=C\C/C=C\C/C=C\CCCCCC(=O)OC(COC(=O)CCCCCCCCCCCCC)COC(=O)CCCCCCCCCCCC/C=C\C/C=C\C/C=C\CCCCCCC. The molecule has 0 spiro atoms. The molecule has 418 valence electrons. The first-order valence-corrected chi connectivity index (χ1v) is 30.7. The number of carbonyl (C=O) groups is 3. The second-order valence-corrected chi connectivity index (χ2v) is 20.2. The quantitative estimate of drug-likeness (QED) is 0.0261. The van der Waals surface area contributed by atoms with E-state index in [-0.39, 0.29) is 37.5 Å². The molecule has 6 nitrogen and oxygen atoms in total. The largest absolute Gasteiger partial charge is 0.462 e. The van der Waals surface area contributed by atoms with Crippen molar-refractivity contribution in [1.82, 2.24) is 0 Å². The Morgan fingerprint density at radius 3 is 0.849 bits per heavy atom. The fourth-order valence-electron chi connectivity index (χ4n) is 8.48. The van der Waals surface area contributed by atoms with Crippen LogP contribution in [-0.2, 0) is 28.6 Å². The molecule has 73 heavy (non-hydrogen) atoms. The van der Waals surface area contributed by atoms with Crippen molar-refractivity contribution in [3.05, 3.63) is 97.2 Å². The third kappa shape index (κ3) is 59.1. The fraction of sp³-hybridized carbons (Fsp3) is 0.716. The molecule has 0 rings (SSSR count). The van der Waals surface area contributed by atoms with E-state index in [0.29, 0.717) is 12.8 Å². The fourth-order valence-corrected chi connectivity index (χ4v) is 8.48. The van der Waals surface area contributed by atoms with Crippen LogP contribution < -0.4 is 0 Å². The predicted molar refractivity (Wildman–Crippen MR) is 316 cm³/mol. The number of hydrogen-bond donors (Lipinski definition) is 0. The van der Waals surface area contributed by atoms with Crippen molar-refractivity contribution >= 4 is 17.9 Å². The molecule has 0 fully saturated rings. The second-order valence-electron chi connectivity index (χ2n) is 20.2. The van der Waals surface area contributed by atoms with E-state index in [1.54, 1.807) is 0 Å². The molecule has 0 amide bonds. The lowest BCUT2D eigenvalue weighted by Crippen LogP contribution is -2.30. The van der Waals surface area contributed by atoms with Gasteiger partial charge in [-0.05, 0) is 103 Å². The molecule has 0 aromatic heterocycles. The molecule has 0 radical (unpaired) electrons. The normalized spacial score (nSPS) is 12.8. The molecular formula is C67H114O6. The molecule has 1 unspecified atom stereocenters. The highest BCUT2D eigenvalue weighted by Crippen LogP contribution is 2.15. The lowest BCUT2D eigenvalue weighted by Gasteiger charge is -2.18. The average Bonchev–Trinajstić information content (AvgIpc) is 3.39. The van der Waals surface area contributed by atoms with E-state index < -0.39 is 6.10 Å². The number of rotatable bonds is 55. The standard InChI is InChI=1S/C67H114O6/c1-4-7-10-13-16-19-22-24-26-28-30-31-32-33-34-35-37-38-40-42-45-48-51-54-57-60-66(69)72-63-64(62-71-65(68)59-56-53-50-47-44-21-18-15-12-9-6-3)73-67(70)61-58-55-52-49-46-43-41-39-36-29-27-25-23-20-17-14-11-8-5-2/h8,11,17,20,22,24-25,27-28,30,32-33,36,39,43,46,64H,4-7,9-10,12-16,18-19,21,23,26,29,31,34-35,37-38,40-42,44-45,47-63H2,1-3H3/b11-8-,20-17-,24-22-,27-25-,30-28-,33-32-,39-36-,46-43-. The van der Waals surface area contributed by atoms with Crippen molar-refractivity contribution < 1.29 is 28.6 Å². The van der Waals surface area contributed by atoms with Gasteiger partial charge in [0.15, 0.2) is 6.10 Å². The van der Waals surface area contributed by atoms with Crippen molar-refractivity contribution in [2.24, 2.45) is 0 Å². The topological polar surface area (TPSA) is 78.9 Å². The Balaban J connectivity index is 4.34. The Labute approximate surface area is 451 Å². The van der Waals surface area contributed by atoms with Gasteiger partial charge in [-0.3, -0.25) is 14.4 Å². The number of ether oxygens (including phenoxy) is 3. The second kappa shape index (κ2) is 60.9. The highest BCUT2D eigenvalue weighted by Gasteiger charge is 2.19. The van der Waals surface area contributed by atoms with E-state index in [1.807, 2.05) is 0 Å². The summed E-state index contributed by atoms with van der Waals surface area (Å²) in [7, 11) is 0. The summed E-state index contributed by atoms with van der Waals surface area (Å²) in [6, 6.07) is 0. The highest BCUT2D eigenvalue weighted by molar-refractivity contribution is 5.71. The molecular weight excluding hydrogens is 901 g/mol. The molecule has 0 aliphatic heterocycles. The van der Waals surface area contributed by atoms with E-state index in [4.69, 9.17) is 14.2 Å². The van der Waals surface area contributed by atoms with Crippen LogP contribution in [0.25, 0.3) is 0 Å². The van der Waals surface area contributed by atoms with E-state index in [9.17, 15) is 14.4 Å². The van der Waals surface area contributed by atoms with E-state index in [2.05, 4.69) is 118 Å². The lowest BCUT2D eigenvalue weighted by atomic mass is 10.1. The monoisotopic (exact) mass is 1010 g/mol. The van der Waals surface area contributed by atoms with E-state index in [0.717, 1.165) is 109 Å². The van der Waals surface area contributed by atoms with Gasteiger partial charge in [-0.15, -0.1) is 0 Å². The van der Waals surface area contributed by atoms with Gasteiger partial charge in [-0.25, -0.2) is 0 Å². The van der Waals surface area contributed by atoms with Crippen LogP contribution in [0.2, 0.25) is 0 Å². The van der Waals surface area contributed by atoms with Crippen LogP contribution in [-0.4, -0.2) is 37.2 Å². The van der Waals surface area contributed by atoms with Gasteiger partial charge in [0.1, 0.15) is 13.2 Å². The number of esters is 3. The van der Waals surface area contributed by atoms with Crippen molar-refractivity contribution in [2.75, 3.05) is 13.2 Å². The van der Waals surface area contributed by atoms with Gasteiger partial charge >= 0.3 is 17.9 Å². The van der Waals surface area contributed by atoms with Gasteiger partial charge in [-0.2, -0.15) is 0 Å². The van der Waals surface area contributed by atoms with Crippen molar-refractivity contribution in [1.29, 1.82) is 0 Å². The van der Waals surface area contributed by atoms with Gasteiger partial charge < -0.3 is 14.2 Å². The minimum Gasteiger partial charge on any atom is -0.462 e.